The fraction of sp³-hybridized carbons (Fsp3) is 0.389. The van der Waals surface area contributed by atoms with E-state index >= 15 is 0 Å². The molecule has 2 heterocycles. The fourth-order valence-electron chi connectivity index (χ4n) is 3.14. The molecule has 1 aliphatic rings. The number of carbonyl (C=O) groups is 2. The summed E-state index contributed by atoms with van der Waals surface area (Å²) in [5.74, 6) is -0.888. The highest BCUT2D eigenvalue weighted by Gasteiger charge is 2.35. The van der Waals surface area contributed by atoms with Crippen LogP contribution in [0.1, 0.15) is 20.3 Å². The topological polar surface area (TPSA) is 99.7 Å². The van der Waals surface area contributed by atoms with Gasteiger partial charge in [-0.3, -0.25) is 9.59 Å². The molecule has 1 saturated heterocycles. The maximum atomic E-state index is 12.6. The summed E-state index contributed by atoms with van der Waals surface area (Å²) in [7, 11) is -3.55. The molecule has 0 aliphatic carbocycles. The van der Waals surface area contributed by atoms with Crippen molar-refractivity contribution in [3.05, 3.63) is 35.8 Å². The van der Waals surface area contributed by atoms with E-state index in [0.717, 1.165) is 0 Å². The number of benzene rings is 1. The number of sulfonamides is 1. The summed E-state index contributed by atoms with van der Waals surface area (Å²) >= 11 is 1.32. The minimum atomic E-state index is -3.55. The van der Waals surface area contributed by atoms with Crippen LogP contribution in [-0.2, 0) is 19.6 Å². The largest absolute Gasteiger partial charge is 0.312 e. The number of nitrogens with zero attached hydrogens (tertiary/aromatic N) is 3. The normalized spacial score (nSPS) is 17.3. The second-order valence-corrected chi connectivity index (χ2v) is 9.15. The molecule has 1 aliphatic heterocycles. The molecule has 1 atom stereocenters. The first-order valence-corrected chi connectivity index (χ1v) is 11.3. The molecule has 28 heavy (non-hydrogen) atoms. The number of hydrogen-bond donors (Lipinski definition) is 1. The van der Waals surface area contributed by atoms with E-state index in [4.69, 9.17) is 0 Å². The van der Waals surface area contributed by atoms with Crippen LogP contribution in [0.15, 0.2) is 40.7 Å². The van der Waals surface area contributed by atoms with Gasteiger partial charge in [0.1, 0.15) is 0 Å². The minimum absolute atomic E-state index is 0.108. The molecule has 0 spiro atoms. The summed E-state index contributed by atoms with van der Waals surface area (Å²) < 4.78 is 26.5. The zero-order chi connectivity index (χ0) is 20.3. The highest BCUT2D eigenvalue weighted by atomic mass is 32.2. The number of thiazole rings is 1. The number of hydrogen-bond acceptors (Lipinski definition) is 6. The molecule has 2 amide bonds. The van der Waals surface area contributed by atoms with Crippen LogP contribution in [-0.4, -0.2) is 49.2 Å². The predicted molar refractivity (Wildman–Crippen MR) is 108 cm³/mol. The van der Waals surface area contributed by atoms with Crippen molar-refractivity contribution >= 4 is 44.0 Å². The molecule has 2 aromatic rings. The first kappa shape index (κ1) is 20.4. The number of aromatic nitrogens is 1. The zero-order valence-corrected chi connectivity index (χ0v) is 17.3. The molecule has 0 saturated carbocycles. The molecule has 0 unspecified atom stereocenters. The standard InChI is InChI=1S/C18H22N4O4S2/c1-3-21(4-2)28(25,26)15-7-5-14(6-8-15)22-12-13(11-16(22)23)17(24)20-18-19-9-10-27-18/h5-10,13H,3-4,11-12H2,1-2H3,(H,19,20,24)/t13-/m0/s1. The quantitative estimate of drug-likeness (QED) is 0.737. The summed E-state index contributed by atoms with van der Waals surface area (Å²) in [6.07, 6.45) is 1.71. The van der Waals surface area contributed by atoms with E-state index in [-0.39, 0.29) is 29.7 Å². The molecule has 1 aromatic heterocycles. The summed E-state index contributed by atoms with van der Waals surface area (Å²) in [6.45, 7) is 4.60. The number of anilines is 2. The molecule has 3 rings (SSSR count). The van der Waals surface area contributed by atoms with E-state index in [2.05, 4.69) is 10.3 Å². The van der Waals surface area contributed by atoms with Crippen LogP contribution in [0, 0.1) is 5.92 Å². The molecule has 8 nitrogen and oxygen atoms in total. The third-order valence-electron chi connectivity index (χ3n) is 4.65. The molecule has 10 heteroatoms. The Labute approximate surface area is 168 Å². The molecule has 150 valence electrons. The lowest BCUT2D eigenvalue weighted by molar-refractivity contribution is -0.122. The summed E-state index contributed by atoms with van der Waals surface area (Å²) in [5, 5.41) is 4.98. The van der Waals surface area contributed by atoms with Crippen molar-refractivity contribution in [1.29, 1.82) is 0 Å². The Bertz CT molecular complexity index is 938. The van der Waals surface area contributed by atoms with Crippen LogP contribution in [0.25, 0.3) is 0 Å². The number of carbonyl (C=O) groups excluding carboxylic acids is 2. The maximum absolute atomic E-state index is 12.6. The summed E-state index contributed by atoms with van der Waals surface area (Å²) in [5.41, 5.74) is 0.577. The fourth-order valence-corrected chi connectivity index (χ4v) is 5.13. The van der Waals surface area contributed by atoms with Crippen LogP contribution in [0.2, 0.25) is 0 Å². The van der Waals surface area contributed by atoms with Gasteiger partial charge in [-0.2, -0.15) is 4.31 Å². The summed E-state index contributed by atoms with van der Waals surface area (Å²) in [6, 6.07) is 6.21. The van der Waals surface area contributed by atoms with Gasteiger partial charge in [0.25, 0.3) is 0 Å². The Hall–Kier alpha value is -2.30. The lowest BCUT2D eigenvalue weighted by atomic mass is 10.1. The van der Waals surface area contributed by atoms with Gasteiger partial charge in [0.2, 0.25) is 21.8 Å². The SMILES string of the molecule is CCN(CC)S(=O)(=O)c1ccc(N2C[C@@H](C(=O)Nc3nccs3)CC2=O)cc1. The zero-order valence-electron chi connectivity index (χ0n) is 15.7. The third-order valence-corrected chi connectivity index (χ3v) is 7.40. The van der Waals surface area contributed by atoms with Crippen LogP contribution >= 0.6 is 11.3 Å². The average molecular weight is 423 g/mol. The van der Waals surface area contributed by atoms with Crippen molar-refractivity contribution < 1.29 is 18.0 Å². The van der Waals surface area contributed by atoms with E-state index in [9.17, 15) is 18.0 Å². The monoisotopic (exact) mass is 422 g/mol. The van der Waals surface area contributed by atoms with Gasteiger partial charge < -0.3 is 10.2 Å². The van der Waals surface area contributed by atoms with Crippen molar-refractivity contribution in [2.45, 2.75) is 25.2 Å². The molecule has 1 aromatic carbocycles. The molecule has 1 fully saturated rings. The second kappa shape index (κ2) is 8.38. The highest BCUT2D eigenvalue weighted by Crippen LogP contribution is 2.28. The Morgan fingerprint density at radius 2 is 1.96 bits per heavy atom. The average Bonchev–Trinajstić information content (AvgIpc) is 3.32. The van der Waals surface area contributed by atoms with Crippen molar-refractivity contribution in [3.8, 4) is 0 Å². The van der Waals surface area contributed by atoms with Gasteiger partial charge in [-0.15, -0.1) is 11.3 Å². The van der Waals surface area contributed by atoms with Gasteiger partial charge in [0.15, 0.2) is 5.13 Å². The van der Waals surface area contributed by atoms with Crippen molar-refractivity contribution in [2.75, 3.05) is 29.9 Å². The van der Waals surface area contributed by atoms with E-state index in [1.165, 1.54) is 32.7 Å². The van der Waals surface area contributed by atoms with Gasteiger partial charge in [0, 0.05) is 43.3 Å². The van der Waals surface area contributed by atoms with Crippen LogP contribution < -0.4 is 10.2 Å². The van der Waals surface area contributed by atoms with Crippen molar-refractivity contribution in [1.82, 2.24) is 9.29 Å². The van der Waals surface area contributed by atoms with Crippen LogP contribution in [0.5, 0.6) is 0 Å². The molecule has 1 N–H and O–H groups in total. The van der Waals surface area contributed by atoms with E-state index < -0.39 is 15.9 Å². The van der Waals surface area contributed by atoms with Gasteiger partial charge in [-0.05, 0) is 24.3 Å². The van der Waals surface area contributed by atoms with E-state index in [0.29, 0.717) is 23.9 Å². The third kappa shape index (κ3) is 4.08. The van der Waals surface area contributed by atoms with Gasteiger partial charge in [-0.25, -0.2) is 13.4 Å². The Balaban J connectivity index is 1.72. The van der Waals surface area contributed by atoms with Crippen molar-refractivity contribution in [3.63, 3.8) is 0 Å². The lowest BCUT2D eigenvalue weighted by Crippen LogP contribution is -2.31. The second-order valence-electron chi connectivity index (χ2n) is 6.32. The first-order chi connectivity index (χ1) is 13.4. The van der Waals surface area contributed by atoms with Crippen LogP contribution in [0.4, 0.5) is 10.8 Å². The maximum Gasteiger partial charge on any atom is 0.243 e. The molecule has 0 radical (unpaired) electrons. The predicted octanol–water partition coefficient (Wildman–Crippen LogP) is 2.17. The summed E-state index contributed by atoms with van der Waals surface area (Å²) in [4.78, 5) is 30.4. The Kier molecular flexibility index (Phi) is 6.11. The Morgan fingerprint density at radius 1 is 1.29 bits per heavy atom. The highest BCUT2D eigenvalue weighted by molar-refractivity contribution is 7.89. The van der Waals surface area contributed by atoms with E-state index in [1.54, 1.807) is 37.6 Å². The Morgan fingerprint density at radius 3 is 2.54 bits per heavy atom. The van der Waals surface area contributed by atoms with Gasteiger partial charge >= 0.3 is 0 Å². The number of amides is 2. The number of nitrogens with one attached hydrogen (secondary N) is 1. The smallest absolute Gasteiger partial charge is 0.243 e. The molecular formula is C18H22N4O4S2. The van der Waals surface area contributed by atoms with Crippen LogP contribution in [0.3, 0.4) is 0 Å². The lowest BCUT2D eigenvalue weighted by Gasteiger charge is -2.20. The van der Waals surface area contributed by atoms with Crippen molar-refractivity contribution in [2.24, 2.45) is 5.92 Å². The molecular weight excluding hydrogens is 400 g/mol. The molecule has 0 bridgehead atoms. The minimum Gasteiger partial charge on any atom is -0.312 e. The first-order valence-electron chi connectivity index (χ1n) is 8.97. The number of rotatable bonds is 7. The van der Waals surface area contributed by atoms with Gasteiger partial charge in [-0.1, -0.05) is 13.8 Å². The van der Waals surface area contributed by atoms with Gasteiger partial charge in [0.05, 0.1) is 10.8 Å². The van der Waals surface area contributed by atoms with E-state index in [1.807, 2.05) is 0 Å².